The lowest BCUT2D eigenvalue weighted by atomic mass is 10.0. The molecule has 2 amide bonds. The molecule has 0 saturated carbocycles. The molecule has 0 aliphatic carbocycles. The lowest BCUT2D eigenvalue weighted by molar-refractivity contribution is -0.166. The summed E-state index contributed by atoms with van der Waals surface area (Å²) in [6.07, 6.45) is -2.06. The van der Waals surface area contributed by atoms with Gasteiger partial charge in [-0.05, 0) is 12.0 Å². The highest BCUT2D eigenvalue weighted by Gasteiger charge is 2.53. The van der Waals surface area contributed by atoms with Crippen molar-refractivity contribution in [2.75, 3.05) is 0 Å². The van der Waals surface area contributed by atoms with E-state index in [9.17, 15) is 19.2 Å². The molecule has 0 radical (unpaired) electrons. The van der Waals surface area contributed by atoms with E-state index < -0.39 is 42.0 Å². The minimum absolute atomic E-state index is 0.294. The number of carbonyl (C=O) groups is 4. The van der Waals surface area contributed by atoms with Crippen molar-refractivity contribution in [3.05, 3.63) is 35.9 Å². The van der Waals surface area contributed by atoms with Crippen molar-refractivity contribution in [1.82, 2.24) is 4.90 Å². The van der Waals surface area contributed by atoms with Crippen LogP contribution in [-0.2, 0) is 35.1 Å². The second kappa shape index (κ2) is 7.25. The summed E-state index contributed by atoms with van der Waals surface area (Å²) in [7, 11) is 0. The Kier molecular flexibility index (Phi) is 5.33. The molecule has 1 aromatic rings. The molecule has 24 heavy (non-hydrogen) atoms. The fourth-order valence-corrected chi connectivity index (χ4v) is 2.87. The smallest absolute Gasteiger partial charge is 0.303 e. The van der Waals surface area contributed by atoms with E-state index in [-0.39, 0.29) is 0 Å². The lowest BCUT2D eigenvalue weighted by Crippen LogP contribution is -2.43. The first kappa shape index (κ1) is 17.7. The fraction of sp³-hybridized carbons (Fsp3) is 0.412. The molecule has 1 saturated heterocycles. The Bertz CT molecular complexity index is 656. The Morgan fingerprint density at radius 1 is 1.00 bits per heavy atom. The van der Waals surface area contributed by atoms with E-state index >= 15 is 0 Å². The molecule has 0 N–H and O–H groups in total. The van der Waals surface area contributed by atoms with Gasteiger partial charge in [0.2, 0.25) is 12.0 Å². The van der Waals surface area contributed by atoms with Crippen LogP contribution in [-0.4, -0.2) is 46.9 Å². The van der Waals surface area contributed by atoms with Crippen LogP contribution >= 0.6 is 0 Å². The number of likely N-dealkylation sites (tertiary alicyclic amines) is 1. The molecular weight excluding hydrogens is 314 g/mol. The van der Waals surface area contributed by atoms with Gasteiger partial charge >= 0.3 is 11.9 Å². The van der Waals surface area contributed by atoms with Gasteiger partial charge in [-0.3, -0.25) is 24.1 Å². The van der Waals surface area contributed by atoms with Gasteiger partial charge in [0.15, 0.2) is 6.10 Å². The van der Waals surface area contributed by atoms with Crippen LogP contribution in [0.5, 0.6) is 0 Å². The largest absolute Gasteiger partial charge is 0.456 e. The molecule has 128 valence electrons. The molecule has 3 atom stereocenters. The number of hydrogen-bond donors (Lipinski definition) is 0. The van der Waals surface area contributed by atoms with Crippen molar-refractivity contribution in [1.29, 1.82) is 0 Å². The summed E-state index contributed by atoms with van der Waals surface area (Å²) in [4.78, 5) is 48.2. The molecule has 0 aromatic heterocycles. The first-order valence-electron chi connectivity index (χ1n) is 7.53. The molecule has 1 aromatic carbocycles. The molecule has 1 fully saturated rings. The van der Waals surface area contributed by atoms with Gasteiger partial charge in [0, 0.05) is 20.8 Å². The van der Waals surface area contributed by atoms with Crippen LogP contribution in [0.2, 0.25) is 0 Å². The average molecular weight is 333 g/mol. The van der Waals surface area contributed by atoms with Gasteiger partial charge in [0.05, 0.1) is 6.04 Å². The number of carbonyl (C=O) groups excluding carboxylic acids is 4. The molecule has 0 unspecified atom stereocenters. The third-order valence-corrected chi connectivity index (χ3v) is 3.71. The van der Waals surface area contributed by atoms with Crippen molar-refractivity contribution in [3.8, 4) is 0 Å². The zero-order valence-corrected chi connectivity index (χ0v) is 13.7. The van der Waals surface area contributed by atoms with Crippen molar-refractivity contribution in [2.45, 2.75) is 45.4 Å². The highest BCUT2D eigenvalue weighted by molar-refractivity contribution is 6.00. The van der Waals surface area contributed by atoms with Crippen molar-refractivity contribution in [3.63, 3.8) is 0 Å². The van der Waals surface area contributed by atoms with Gasteiger partial charge in [-0.1, -0.05) is 30.3 Å². The maximum Gasteiger partial charge on any atom is 0.303 e. The van der Waals surface area contributed by atoms with Gasteiger partial charge in [-0.15, -0.1) is 0 Å². The normalized spacial score (nSPS) is 23.0. The maximum atomic E-state index is 12.5. The number of ether oxygens (including phenoxy) is 2. The van der Waals surface area contributed by atoms with E-state index in [1.165, 1.54) is 13.8 Å². The number of rotatable bonds is 4. The monoisotopic (exact) mass is 333 g/mol. The Hall–Kier alpha value is -2.70. The van der Waals surface area contributed by atoms with E-state index in [0.717, 1.165) is 17.4 Å². The zero-order chi connectivity index (χ0) is 17.9. The summed E-state index contributed by atoms with van der Waals surface area (Å²) in [5, 5.41) is 0. The number of imide groups is 1. The third kappa shape index (κ3) is 3.79. The molecule has 7 nitrogen and oxygen atoms in total. The summed E-state index contributed by atoms with van der Waals surface area (Å²) < 4.78 is 10.3. The Balaban J connectivity index is 2.39. The minimum atomic E-state index is -1.32. The molecule has 1 aliphatic heterocycles. The van der Waals surface area contributed by atoms with Crippen LogP contribution in [0.4, 0.5) is 0 Å². The topological polar surface area (TPSA) is 90.0 Å². The highest BCUT2D eigenvalue weighted by atomic mass is 16.6. The van der Waals surface area contributed by atoms with Crippen molar-refractivity contribution in [2.24, 2.45) is 0 Å². The molecule has 1 aliphatic rings. The van der Waals surface area contributed by atoms with Crippen LogP contribution in [0, 0.1) is 0 Å². The van der Waals surface area contributed by atoms with Crippen LogP contribution in [0.25, 0.3) is 0 Å². The van der Waals surface area contributed by atoms with E-state index in [4.69, 9.17) is 9.47 Å². The predicted octanol–water partition coefficient (Wildman–Crippen LogP) is 0.850. The summed E-state index contributed by atoms with van der Waals surface area (Å²) in [6, 6.07) is 8.45. The lowest BCUT2D eigenvalue weighted by Gasteiger charge is -2.25. The van der Waals surface area contributed by atoms with Gasteiger partial charge < -0.3 is 9.47 Å². The number of hydrogen-bond acceptors (Lipinski definition) is 6. The van der Waals surface area contributed by atoms with E-state index in [1.807, 2.05) is 30.3 Å². The number of esters is 2. The van der Waals surface area contributed by atoms with Crippen molar-refractivity contribution >= 4 is 23.8 Å². The molecule has 1 heterocycles. The number of nitrogens with zero attached hydrogens (tertiary/aromatic N) is 1. The second-order valence-corrected chi connectivity index (χ2v) is 5.59. The number of amides is 2. The number of benzene rings is 1. The summed E-state index contributed by atoms with van der Waals surface area (Å²) in [5.74, 6) is -2.47. The third-order valence-electron chi connectivity index (χ3n) is 3.71. The Labute approximate surface area is 139 Å². The van der Waals surface area contributed by atoms with Gasteiger partial charge in [-0.2, -0.15) is 0 Å². The van der Waals surface area contributed by atoms with E-state index in [2.05, 4.69) is 0 Å². The average Bonchev–Trinajstić information content (AvgIpc) is 2.72. The van der Waals surface area contributed by atoms with Gasteiger partial charge in [0.1, 0.15) is 0 Å². The predicted molar refractivity (Wildman–Crippen MR) is 82.6 cm³/mol. The minimum Gasteiger partial charge on any atom is -0.456 e. The quantitative estimate of drug-likeness (QED) is 0.759. The van der Waals surface area contributed by atoms with Gasteiger partial charge in [0.25, 0.3) is 5.91 Å². The van der Waals surface area contributed by atoms with E-state index in [0.29, 0.717) is 6.42 Å². The highest BCUT2D eigenvalue weighted by Crippen LogP contribution is 2.28. The summed E-state index contributed by atoms with van der Waals surface area (Å²) >= 11 is 0. The Morgan fingerprint density at radius 3 is 2.08 bits per heavy atom. The van der Waals surface area contributed by atoms with Gasteiger partial charge in [-0.25, -0.2) is 0 Å². The summed E-state index contributed by atoms with van der Waals surface area (Å²) in [6.45, 7) is 3.60. The first-order chi connectivity index (χ1) is 11.3. The molecule has 0 spiro atoms. The van der Waals surface area contributed by atoms with E-state index in [1.54, 1.807) is 0 Å². The molecule has 2 rings (SSSR count). The molecular formula is C17H19NO6. The molecule has 0 bridgehead atoms. The van der Waals surface area contributed by atoms with Crippen LogP contribution in [0.15, 0.2) is 30.3 Å². The van der Waals surface area contributed by atoms with Crippen LogP contribution in [0.1, 0.15) is 26.3 Å². The Morgan fingerprint density at radius 2 is 1.58 bits per heavy atom. The SMILES string of the molecule is CC(=O)O[C@H]1[C@@H](Cc2ccccc2)N(C(C)=O)C(=O)[C@@H]1OC(C)=O. The van der Waals surface area contributed by atoms with Crippen LogP contribution in [0.3, 0.4) is 0 Å². The summed E-state index contributed by atoms with van der Waals surface area (Å²) in [5.41, 5.74) is 0.863. The molecule has 7 heteroatoms. The first-order valence-corrected chi connectivity index (χ1v) is 7.53. The second-order valence-electron chi connectivity index (χ2n) is 5.59. The fourth-order valence-electron chi connectivity index (χ4n) is 2.87. The van der Waals surface area contributed by atoms with Crippen LogP contribution < -0.4 is 0 Å². The maximum absolute atomic E-state index is 12.5. The zero-order valence-electron chi connectivity index (χ0n) is 13.7. The standard InChI is InChI=1S/C17H19NO6/c1-10(19)18-14(9-13-7-5-4-6-8-13)15(23-11(2)20)16(17(18)22)24-12(3)21/h4-8,14-16H,9H2,1-3H3/t14-,15+,16-/m1/s1. The van der Waals surface area contributed by atoms with Crippen molar-refractivity contribution < 1.29 is 28.7 Å².